The average Bonchev–Trinajstić information content (AvgIpc) is 3.09. The molecular weight excluding hydrogens is 268 g/mol. The van der Waals surface area contributed by atoms with E-state index in [1.807, 2.05) is 38.4 Å². The number of aryl methyl sites for hydroxylation is 1. The molecule has 21 heavy (non-hydrogen) atoms. The van der Waals surface area contributed by atoms with Crippen LogP contribution in [-0.4, -0.2) is 37.0 Å². The van der Waals surface area contributed by atoms with Crippen LogP contribution in [0.4, 0.5) is 0 Å². The zero-order valence-corrected chi connectivity index (χ0v) is 11.9. The Labute approximate surface area is 122 Å². The lowest BCUT2D eigenvalue weighted by atomic mass is 10.3. The van der Waals surface area contributed by atoms with Gasteiger partial charge in [-0.25, -0.2) is 4.98 Å². The Hall–Kier alpha value is -2.54. The van der Waals surface area contributed by atoms with Gasteiger partial charge < -0.3 is 9.51 Å². The van der Waals surface area contributed by atoms with Crippen molar-refractivity contribution in [3.8, 4) is 11.5 Å². The number of aromatic amines is 1. The Kier molecular flexibility index (Phi) is 3.74. The molecule has 0 radical (unpaired) electrons. The zero-order chi connectivity index (χ0) is 14.7. The number of hydrogen-bond acceptors (Lipinski definition) is 6. The van der Waals surface area contributed by atoms with Gasteiger partial charge in [-0.15, -0.1) is 0 Å². The van der Waals surface area contributed by atoms with E-state index in [2.05, 4.69) is 30.0 Å². The van der Waals surface area contributed by atoms with Crippen molar-refractivity contribution in [2.75, 3.05) is 7.05 Å². The highest BCUT2D eigenvalue weighted by Crippen LogP contribution is 2.13. The molecule has 1 N–H and O–H groups in total. The van der Waals surface area contributed by atoms with E-state index in [1.165, 1.54) is 0 Å². The molecule has 0 unspecified atom stereocenters. The van der Waals surface area contributed by atoms with Gasteiger partial charge in [0.1, 0.15) is 11.5 Å². The summed E-state index contributed by atoms with van der Waals surface area (Å²) in [5, 5.41) is 3.96. The van der Waals surface area contributed by atoms with Gasteiger partial charge in [0.05, 0.1) is 6.54 Å². The third-order valence-corrected chi connectivity index (χ3v) is 2.96. The number of rotatable bonds is 5. The van der Waals surface area contributed by atoms with Crippen LogP contribution in [0.3, 0.4) is 0 Å². The number of nitrogens with zero attached hydrogens (tertiary/aromatic N) is 5. The van der Waals surface area contributed by atoms with Gasteiger partial charge in [0.25, 0.3) is 0 Å². The number of aromatic nitrogens is 5. The van der Waals surface area contributed by atoms with Crippen molar-refractivity contribution in [3.63, 3.8) is 0 Å². The summed E-state index contributed by atoms with van der Waals surface area (Å²) in [7, 11) is 1.99. The predicted octanol–water partition coefficient (Wildman–Crippen LogP) is 1.80. The van der Waals surface area contributed by atoms with Crippen LogP contribution in [0.25, 0.3) is 11.5 Å². The number of H-pyrrole nitrogens is 1. The highest BCUT2D eigenvalue weighted by Gasteiger charge is 2.12. The summed E-state index contributed by atoms with van der Waals surface area (Å²) >= 11 is 0. The quantitative estimate of drug-likeness (QED) is 0.769. The first-order chi connectivity index (χ1) is 10.2. The van der Waals surface area contributed by atoms with Crippen molar-refractivity contribution < 1.29 is 4.52 Å². The fraction of sp³-hybridized carbons (Fsp3) is 0.286. The van der Waals surface area contributed by atoms with E-state index in [9.17, 15) is 0 Å². The van der Waals surface area contributed by atoms with Gasteiger partial charge in [0, 0.05) is 24.6 Å². The summed E-state index contributed by atoms with van der Waals surface area (Å²) in [6.07, 6.45) is 3.54. The molecule has 0 spiro atoms. The summed E-state index contributed by atoms with van der Waals surface area (Å²) in [5.74, 6) is 1.99. The molecule has 3 aromatic heterocycles. The maximum absolute atomic E-state index is 5.26. The van der Waals surface area contributed by atoms with E-state index in [1.54, 1.807) is 6.20 Å². The normalized spacial score (nSPS) is 11.2. The van der Waals surface area contributed by atoms with E-state index in [4.69, 9.17) is 4.52 Å². The molecule has 3 aromatic rings. The first kappa shape index (κ1) is 13.4. The van der Waals surface area contributed by atoms with Gasteiger partial charge in [-0.05, 0) is 26.1 Å². The molecule has 0 aliphatic heterocycles. The van der Waals surface area contributed by atoms with Crippen molar-refractivity contribution in [2.24, 2.45) is 0 Å². The standard InChI is InChI=1S/C14H16N6O/c1-10-16-7-11(17-10)8-20(2)9-13-18-14(19-21-13)12-5-3-4-6-15-12/h3-7H,8-9H2,1-2H3,(H,16,17). The Morgan fingerprint density at radius 2 is 2.14 bits per heavy atom. The molecule has 0 fully saturated rings. The van der Waals surface area contributed by atoms with Crippen LogP contribution in [-0.2, 0) is 13.1 Å². The van der Waals surface area contributed by atoms with Crippen molar-refractivity contribution in [1.29, 1.82) is 0 Å². The highest BCUT2D eigenvalue weighted by molar-refractivity contribution is 5.46. The summed E-state index contributed by atoms with van der Waals surface area (Å²) in [6.45, 7) is 3.24. The molecule has 0 saturated heterocycles. The fourth-order valence-corrected chi connectivity index (χ4v) is 2.05. The smallest absolute Gasteiger partial charge is 0.241 e. The topological polar surface area (TPSA) is 83.7 Å². The number of imidazole rings is 1. The lowest BCUT2D eigenvalue weighted by molar-refractivity contribution is 0.259. The molecule has 0 bridgehead atoms. The minimum Gasteiger partial charge on any atom is -0.345 e. The summed E-state index contributed by atoms with van der Waals surface area (Å²) < 4.78 is 5.26. The number of hydrogen-bond donors (Lipinski definition) is 1. The third-order valence-electron chi connectivity index (χ3n) is 2.96. The lowest BCUT2D eigenvalue weighted by Gasteiger charge is -2.12. The van der Waals surface area contributed by atoms with Gasteiger partial charge >= 0.3 is 0 Å². The second kappa shape index (κ2) is 5.84. The molecule has 108 valence electrons. The molecule has 0 aliphatic rings. The summed E-state index contributed by atoms with van der Waals surface area (Å²) in [4.78, 5) is 18.0. The van der Waals surface area contributed by atoms with Crippen LogP contribution in [0.1, 0.15) is 17.4 Å². The maximum atomic E-state index is 5.26. The average molecular weight is 284 g/mol. The van der Waals surface area contributed by atoms with Gasteiger partial charge in [-0.2, -0.15) is 4.98 Å². The van der Waals surface area contributed by atoms with Crippen LogP contribution in [0.15, 0.2) is 35.1 Å². The first-order valence-electron chi connectivity index (χ1n) is 6.64. The minimum absolute atomic E-state index is 0.511. The van der Waals surface area contributed by atoms with E-state index in [0.29, 0.717) is 24.0 Å². The second-order valence-electron chi connectivity index (χ2n) is 4.89. The Morgan fingerprint density at radius 1 is 1.24 bits per heavy atom. The number of nitrogens with one attached hydrogen (secondary N) is 1. The van der Waals surface area contributed by atoms with Gasteiger partial charge in [-0.1, -0.05) is 11.2 Å². The van der Waals surface area contributed by atoms with Gasteiger partial charge in [0.15, 0.2) is 0 Å². The van der Waals surface area contributed by atoms with Crippen LogP contribution >= 0.6 is 0 Å². The highest BCUT2D eigenvalue weighted by atomic mass is 16.5. The molecule has 0 aliphatic carbocycles. The molecular formula is C14H16N6O. The fourth-order valence-electron chi connectivity index (χ4n) is 2.05. The Morgan fingerprint density at radius 3 is 2.86 bits per heavy atom. The molecule has 0 atom stereocenters. The molecule has 3 rings (SSSR count). The maximum Gasteiger partial charge on any atom is 0.241 e. The molecule has 7 nitrogen and oxygen atoms in total. The van der Waals surface area contributed by atoms with Gasteiger partial charge in [0.2, 0.25) is 11.7 Å². The van der Waals surface area contributed by atoms with Crippen molar-refractivity contribution >= 4 is 0 Å². The predicted molar refractivity (Wildman–Crippen MR) is 76.0 cm³/mol. The minimum atomic E-state index is 0.511. The van der Waals surface area contributed by atoms with Crippen LogP contribution in [0, 0.1) is 6.92 Å². The first-order valence-corrected chi connectivity index (χ1v) is 6.64. The molecule has 3 heterocycles. The lowest BCUT2D eigenvalue weighted by Crippen LogP contribution is -2.17. The van der Waals surface area contributed by atoms with Crippen molar-refractivity contribution in [2.45, 2.75) is 20.0 Å². The Balaban J connectivity index is 1.64. The molecule has 0 saturated carbocycles. The van der Waals surface area contributed by atoms with Crippen LogP contribution in [0.5, 0.6) is 0 Å². The van der Waals surface area contributed by atoms with Crippen molar-refractivity contribution in [1.82, 2.24) is 30.0 Å². The van der Waals surface area contributed by atoms with Crippen LogP contribution in [0.2, 0.25) is 0 Å². The Bertz CT molecular complexity index is 705. The van der Waals surface area contributed by atoms with Gasteiger partial charge in [-0.3, -0.25) is 9.88 Å². The third kappa shape index (κ3) is 3.32. The van der Waals surface area contributed by atoms with E-state index in [-0.39, 0.29) is 0 Å². The van der Waals surface area contributed by atoms with E-state index >= 15 is 0 Å². The monoisotopic (exact) mass is 284 g/mol. The van der Waals surface area contributed by atoms with Crippen molar-refractivity contribution in [3.05, 3.63) is 48.0 Å². The molecule has 0 aromatic carbocycles. The van der Waals surface area contributed by atoms with Crippen LogP contribution < -0.4 is 0 Å². The SMILES string of the molecule is Cc1ncc(CN(C)Cc2nc(-c3ccccn3)no2)[nH]1. The number of pyridine rings is 1. The molecule has 0 amide bonds. The second-order valence-corrected chi connectivity index (χ2v) is 4.89. The van der Waals surface area contributed by atoms with E-state index < -0.39 is 0 Å². The van der Waals surface area contributed by atoms with E-state index in [0.717, 1.165) is 18.1 Å². The summed E-state index contributed by atoms with van der Waals surface area (Å²) in [6, 6.07) is 5.60. The summed E-state index contributed by atoms with van der Waals surface area (Å²) in [5.41, 5.74) is 1.76. The zero-order valence-electron chi connectivity index (χ0n) is 11.9. The largest absolute Gasteiger partial charge is 0.345 e. The molecule has 7 heteroatoms.